The average Bonchev–Trinajstić information content (AvgIpc) is 0.918. The first-order chi connectivity index (χ1) is 1.41. The Hall–Kier alpha value is 0.248. The number of rotatable bonds is 0. The molecule has 2 N–H and O–H groups in total. The van der Waals surface area contributed by atoms with Gasteiger partial charge in [-0.05, 0) is 0 Å². The number of hydrogen-bond acceptors (Lipinski definition) is 2. The van der Waals surface area contributed by atoms with Crippen molar-refractivity contribution in [3.05, 3.63) is 0 Å². The van der Waals surface area contributed by atoms with Crippen molar-refractivity contribution in [2.45, 2.75) is 0 Å². The predicted octanol–water partition coefficient (Wildman–Crippen LogP) is -1.06. The summed E-state index contributed by atoms with van der Waals surface area (Å²) in [5.41, 5.74) is 0. The molecule has 0 amide bonds. The van der Waals surface area contributed by atoms with Crippen LogP contribution in [-0.2, 0) is 25.3 Å². The fraction of sp³-hybridized carbons (Fsp3) is 0. The molecule has 4 heavy (non-hydrogen) atoms. The molecule has 4 heteroatoms. The van der Waals surface area contributed by atoms with E-state index in [-0.39, 0.29) is 5.48 Å². The molecule has 0 aromatic rings. The van der Waals surface area contributed by atoms with Crippen molar-refractivity contribution in [1.82, 2.24) is 0 Å². The van der Waals surface area contributed by atoms with Gasteiger partial charge in [-0.2, -0.15) is 0 Å². The Morgan fingerprint density at radius 1 is 1.25 bits per heavy atom. The van der Waals surface area contributed by atoms with E-state index in [9.17, 15) is 0 Å². The van der Waals surface area contributed by atoms with Crippen molar-refractivity contribution in [3.8, 4) is 0 Å². The molecule has 0 radical (unpaired) electrons. The SMILES string of the molecule is O.[O]=[Mo]=[O]. The fourth-order valence-electron chi connectivity index (χ4n) is 0. The van der Waals surface area contributed by atoms with Gasteiger partial charge in [0.1, 0.15) is 0 Å². The van der Waals surface area contributed by atoms with Crippen LogP contribution in [0.1, 0.15) is 0 Å². The van der Waals surface area contributed by atoms with Gasteiger partial charge in [-0.3, -0.25) is 0 Å². The van der Waals surface area contributed by atoms with E-state index in [4.69, 9.17) is 6.80 Å². The molecule has 0 saturated carbocycles. The van der Waals surface area contributed by atoms with Crippen LogP contribution in [0.4, 0.5) is 0 Å². The van der Waals surface area contributed by atoms with Gasteiger partial charge in [0.2, 0.25) is 0 Å². The van der Waals surface area contributed by atoms with Crippen molar-refractivity contribution in [3.63, 3.8) is 0 Å². The Balaban J connectivity index is 0. The van der Waals surface area contributed by atoms with E-state index in [1.54, 1.807) is 0 Å². The third-order valence-corrected chi connectivity index (χ3v) is 0. The van der Waals surface area contributed by atoms with Crippen LogP contribution in [-0.4, -0.2) is 5.48 Å². The summed E-state index contributed by atoms with van der Waals surface area (Å²) in [4.78, 5) is 0. The summed E-state index contributed by atoms with van der Waals surface area (Å²) < 4.78 is 17.0. The fourth-order valence-corrected chi connectivity index (χ4v) is 0. The van der Waals surface area contributed by atoms with Gasteiger partial charge in [0.05, 0.1) is 0 Å². The molecule has 0 bridgehead atoms. The summed E-state index contributed by atoms with van der Waals surface area (Å²) in [7, 11) is 0. The van der Waals surface area contributed by atoms with Gasteiger partial charge in [0, 0.05) is 0 Å². The van der Waals surface area contributed by atoms with E-state index < -0.39 is 18.5 Å². The maximum atomic E-state index is 8.50. The Labute approximate surface area is 31.5 Å². The molecule has 0 aliphatic rings. The van der Waals surface area contributed by atoms with Gasteiger partial charge in [-0.15, -0.1) is 0 Å². The minimum absolute atomic E-state index is 0. The standard InChI is InChI=1S/Mo.H2O.2O/h;1H2;;. The maximum absolute atomic E-state index is 8.50. The zero-order valence-electron chi connectivity index (χ0n) is 1.72. The first-order valence-electron chi connectivity index (χ1n) is 0.333. The molecule has 0 saturated heterocycles. The van der Waals surface area contributed by atoms with Crippen LogP contribution in [0, 0.1) is 0 Å². The molecule has 0 unspecified atom stereocenters. The summed E-state index contributed by atoms with van der Waals surface area (Å²) in [6.45, 7) is 0. The van der Waals surface area contributed by atoms with Gasteiger partial charge in [-0.25, -0.2) is 0 Å². The predicted molar refractivity (Wildman–Crippen MR) is 4.99 cm³/mol. The van der Waals surface area contributed by atoms with E-state index >= 15 is 0 Å². The molecule has 0 aliphatic heterocycles. The summed E-state index contributed by atoms with van der Waals surface area (Å²) in [5, 5.41) is 0. The van der Waals surface area contributed by atoms with Gasteiger partial charge < -0.3 is 5.48 Å². The van der Waals surface area contributed by atoms with Crippen LogP contribution >= 0.6 is 0 Å². The van der Waals surface area contributed by atoms with Crippen LogP contribution in [0.25, 0.3) is 0 Å². The first kappa shape index (κ1) is 8.87. The van der Waals surface area contributed by atoms with Gasteiger partial charge in [-0.1, -0.05) is 0 Å². The third-order valence-electron chi connectivity index (χ3n) is 0. The molecule has 0 atom stereocenters. The zero-order valence-corrected chi connectivity index (χ0v) is 3.73. The van der Waals surface area contributed by atoms with Crippen LogP contribution in [0.15, 0.2) is 0 Å². The van der Waals surface area contributed by atoms with Crippen LogP contribution in [0.5, 0.6) is 0 Å². The Morgan fingerprint density at radius 3 is 1.25 bits per heavy atom. The van der Waals surface area contributed by atoms with Gasteiger partial charge >= 0.3 is 25.3 Å². The summed E-state index contributed by atoms with van der Waals surface area (Å²) in [6.07, 6.45) is 0. The first-order valence-corrected chi connectivity index (χ1v) is 1.97. The number of hydrogen-bond donors (Lipinski definition) is 0. The Kier molecular flexibility index (Phi) is 23.4. The molecular formula is H2MoO3. The van der Waals surface area contributed by atoms with E-state index in [1.807, 2.05) is 0 Å². The molecule has 3 nitrogen and oxygen atoms in total. The van der Waals surface area contributed by atoms with Crippen molar-refractivity contribution in [1.29, 1.82) is 0 Å². The summed E-state index contributed by atoms with van der Waals surface area (Å²) in [5.74, 6) is 0. The summed E-state index contributed by atoms with van der Waals surface area (Å²) >= 11 is -2.03. The van der Waals surface area contributed by atoms with Crippen LogP contribution in [0.2, 0.25) is 0 Å². The zero-order chi connectivity index (χ0) is 2.71. The van der Waals surface area contributed by atoms with Crippen molar-refractivity contribution in [2.24, 2.45) is 0 Å². The molecule has 0 spiro atoms. The van der Waals surface area contributed by atoms with Gasteiger partial charge in [0.15, 0.2) is 0 Å². The van der Waals surface area contributed by atoms with Crippen molar-refractivity contribution < 1.29 is 30.8 Å². The Morgan fingerprint density at radius 2 is 1.25 bits per heavy atom. The second-order valence-corrected chi connectivity index (χ2v) is 0.403. The normalized spacial score (nSPS) is 3.00. The molecule has 0 aliphatic carbocycles. The topological polar surface area (TPSA) is 65.6 Å². The van der Waals surface area contributed by atoms with Crippen molar-refractivity contribution in [2.75, 3.05) is 0 Å². The van der Waals surface area contributed by atoms with Crippen LogP contribution in [0.3, 0.4) is 0 Å². The van der Waals surface area contributed by atoms with Crippen molar-refractivity contribution >= 4 is 0 Å². The average molecular weight is 146 g/mol. The molecule has 0 heterocycles. The second kappa shape index (κ2) is 10.5. The second-order valence-electron chi connectivity index (χ2n) is 0.0680. The molecule has 26 valence electrons. The van der Waals surface area contributed by atoms with E-state index in [1.165, 1.54) is 0 Å². The molecule has 0 rings (SSSR count). The molecular weight excluding hydrogens is 144 g/mol. The van der Waals surface area contributed by atoms with Gasteiger partial charge in [0.25, 0.3) is 0 Å². The van der Waals surface area contributed by atoms with E-state index in [0.717, 1.165) is 0 Å². The molecule has 0 aromatic carbocycles. The minimum atomic E-state index is -2.03. The third kappa shape index (κ3) is 56.8. The Bertz CT molecular complexity index is 24.3. The quantitative estimate of drug-likeness (QED) is 0.408. The van der Waals surface area contributed by atoms with Crippen LogP contribution < -0.4 is 0 Å². The monoisotopic (exact) mass is 148 g/mol. The van der Waals surface area contributed by atoms with E-state index in [2.05, 4.69) is 0 Å². The van der Waals surface area contributed by atoms with E-state index in [0.29, 0.717) is 0 Å². The summed E-state index contributed by atoms with van der Waals surface area (Å²) in [6, 6.07) is 0. The molecule has 0 aromatic heterocycles. The molecule has 0 fully saturated rings.